The van der Waals surface area contributed by atoms with Gasteiger partial charge in [0.05, 0.1) is 26.4 Å². The van der Waals surface area contributed by atoms with Crippen LogP contribution in [0.1, 0.15) is 98.7 Å². The molecule has 4 heterocycles. The molecule has 346 valence electrons. The number of carbonyl (C=O) groups excluding carboxylic acids is 3. The van der Waals surface area contributed by atoms with Gasteiger partial charge in [-0.2, -0.15) is 5.06 Å². The number of esters is 1. The highest BCUT2D eigenvalue weighted by Crippen LogP contribution is 2.58. The maximum atomic E-state index is 15.0. The van der Waals surface area contributed by atoms with Crippen molar-refractivity contribution in [2.45, 2.75) is 152 Å². The molecule has 7 N–H and O–H groups in total. The van der Waals surface area contributed by atoms with Crippen LogP contribution in [0.25, 0.3) is 6.08 Å². The van der Waals surface area contributed by atoms with Crippen molar-refractivity contribution in [3.8, 4) is 0 Å². The summed E-state index contributed by atoms with van der Waals surface area (Å²) in [4.78, 5) is 48.9. The quantitative estimate of drug-likeness (QED) is 0.0702. The van der Waals surface area contributed by atoms with E-state index in [1.807, 2.05) is 24.3 Å². The van der Waals surface area contributed by atoms with Gasteiger partial charge in [-0.3, -0.25) is 19.2 Å². The first-order chi connectivity index (χ1) is 30.5. The number of benzene rings is 2. The molecule has 63 heavy (non-hydrogen) atoms. The number of hydrogen-bond acceptors (Lipinski definition) is 15. The molecule has 0 radical (unpaired) electrons. The minimum atomic E-state index is -1.57. The van der Waals surface area contributed by atoms with Crippen LogP contribution in [-0.2, 0) is 51.2 Å². The van der Waals surface area contributed by atoms with Gasteiger partial charge in [-0.15, -0.1) is 0 Å². The molecule has 1 saturated carbocycles. The molecule has 7 rings (SSSR count). The van der Waals surface area contributed by atoms with Gasteiger partial charge in [0.1, 0.15) is 54.2 Å². The largest absolute Gasteiger partial charge is 0.458 e. The zero-order valence-corrected chi connectivity index (χ0v) is 36.0. The lowest BCUT2D eigenvalue weighted by atomic mass is 9.62. The zero-order chi connectivity index (χ0) is 44.7. The summed E-state index contributed by atoms with van der Waals surface area (Å²) in [6.07, 6.45) is 0.605. The SMILES string of the molecule is CCCCCC1(CCCCC)O[C@@H]2[C@H](O1)[C@H]1ON(Cc3ccccc3C=CCO[C@H]3O[C@H](CO)[C@H](O)[C@H](O)[C@H]3O)[C@@H]3C(=O)O[C@@H]2C[C@]13C(=O)NCc1cccc(C(=O)NCCO)c1. The average molecular weight is 882 g/mol. The molecule has 17 heteroatoms. The van der Waals surface area contributed by atoms with Crippen LogP contribution in [0, 0.1) is 5.41 Å². The molecule has 0 unspecified atom stereocenters. The fourth-order valence-electron chi connectivity index (χ4n) is 9.68. The Bertz CT molecular complexity index is 1900. The van der Waals surface area contributed by atoms with Crippen LogP contribution in [0.5, 0.6) is 0 Å². The third-order valence-corrected chi connectivity index (χ3v) is 12.9. The summed E-state index contributed by atoms with van der Waals surface area (Å²) in [6, 6.07) is 13.1. The third kappa shape index (κ3) is 9.89. The fourth-order valence-corrected chi connectivity index (χ4v) is 9.68. The Balaban J connectivity index is 1.15. The van der Waals surface area contributed by atoms with Crippen molar-refractivity contribution in [2.24, 2.45) is 5.41 Å². The van der Waals surface area contributed by atoms with Gasteiger partial charge < -0.3 is 59.9 Å². The van der Waals surface area contributed by atoms with E-state index < -0.39 is 90.8 Å². The number of aliphatic hydroxyl groups excluding tert-OH is 5. The lowest BCUT2D eigenvalue weighted by molar-refractivity contribution is -0.298. The third-order valence-electron chi connectivity index (χ3n) is 12.9. The predicted molar refractivity (Wildman–Crippen MR) is 225 cm³/mol. The van der Waals surface area contributed by atoms with Gasteiger partial charge in [0.25, 0.3) is 5.91 Å². The first-order valence-electron chi connectivity index (χ1n) is 22.4. The molecule has 0 aromatic heterocycles. The second-order valence-corrected chi connectivity index (χ2v) is 17.2. The number of nitrogens with one attached hydrogen (secondary N) is 2. The van der Waals surface area contributed by atoms with Crippen molar-refractivity contribution in [3.63, 3.8) is 0 Å². The number of fused-ring (bicyclic) bond motifs is 4. The molecule has 5 fully saturated rings. The highest BCUT2D eigenvalue weighted by molar-refractivity contribution is 5.95. The van der Waals surface area contributed by atoms with Crippen molar-refractivity contribution >= 4 is 23.9 Å². The Labute approximate surface area is 367 Å². The highest BCUT2D eigenvalue weighted by Gasteiger charge is 2.76. The number of ether oxygens (including phenoxy) is 5. The number of unbranched alkanes of at least 4 members (excludes halogenated alkanes) is 4. The smallest absolute Gasteiger partial charge is 0.327 e. The Kier molecular flexibility index (Phi) is 15.7. The van der Waals surface area contributed by atoms with Gasteiger partial charge in [0, 0.05) is 37.9 Å². The van der Waals surface area contributed by atoms with Gasteiger partial charge in [-0.1, -0.05) is 88.1 Å². The monoisotopic (exact) mass is 881 g/mol. The second-order valence-electron chi connectivity index (χ2n) is 17.2. The molecule has 11 atom stereocenters. The minimum Gasteiger partial charge on any atom is -0.458 e. The van der Waals surface area contributed by atoms with E-state index >= 15 is 0 Å². The standard InChI is InChI=1S/C46H63N3O14/c1-3-5-9-18-45(19-10-6-4-2)61-37-32-24-46(44(57)48-25-28-13-11-16-30(23-28)41(55)47-20-21-50)39(42(56)59-32)49(63-40(46)38(37)62-45)26-31-15-8-7-14-29(31)17-12-22-58-43-36(54)35(53)34(52)33(27-51)60-43/h7-8,11-17,23,32-40,43,50-54H,3-6,9-10,18-22,24-27H2,1-2H3,(H,47,55)(H,48,57)/t32-,33-,34+,35+,36-,37+,38+,39-,40-,43+,46-/m1/s1. The summed E-state index contributed by atoms with van der Waals surface area (Å²) in [6.45, 7) is 3.68. The second kappa shape index (κ2) is 21.0. The normalized spacial score (nSPS) is 32.1. The molecule has 2 aromatic carbocycles. The van der Waals surface area contributed by atoms with Crippen molar-refractivity contribution < 1.29 is 68.4 Å². The van der Waals surface area contributed by atoms with Crippen LogP contribution in [0.3, 0.4) is 0 Å². The van der Waals surface area contributed by atoms with Crippen molar-refractivity contribution in [1.29, 1.82) is 0 Å². The average Bonchev–Trinajstić information content (AvgIpc) is 3.85. The van der Waals surface area contributed by atoms with Crippen molar-refractivity contribution in [2.75, 3.05) is 26.4 Å². The van der Waals surface area contributed by atoms with Gasteiger partial charge in [0.15, 0.2) is 18.1 Å². The lowest BCUT2D eigenvalue weighted by Gasteiger charge is -2.48. The molecule has 2 bridgehead atoms. The Hall–Kier alpha value is -3.85. The molecule has 4 saturated heterocycles. The van der Waals surface area contributed by atoms with Crippen LogP contribution in [0.15, 0.2) is 54.6 Å². The van der Waals surface area contributed by atoms with E-state index in [2.05, 4.69) is 24.5 Å². The van der Waals surface area contributed by atoms with Gasteiger partial charge in [0.2, 0.25) is 5.91 Å². The maximum Gasteiger partial charge on any atom is 0.327 e. The summed E-state index contributed by atoms with van der Waals surface area (Å²) < 4.78 is 31.3. The molecule has 1 aliphatic carbocycles. The Morgan fingerprint density at radius 2 is 1.67 bits per heavy atom. The van der Waals surface area contributed by atoms with Crippen LogP contribution < -0.4 is 10.6 Å². The number of hydrogen-bond donors (Lipinski definition) is 7. The Morgan fingerprint density at radius 1 is 0.921 bits per heavy atom. The van der Waals surface area contributed by atoms with Crippen molar-refractivity contribution in [1.82, 2.24) is 15.7 Å². The van der Waals surface area contributed by atoms with E-state index in [0.29, 0.717) is 24.0 Å². The van der Waals surface area contributed by atoms with E-state index in [1.165, 1.54) is 5.06 Å². The predicted octanol–water partition coefficient (Wildman–Crippen LogP) is 2.00. The first kappa shape index (κ1) is 47.1. The molecule has 0 spiro atoms. The molecule has 4 aliphatic heterocycles. The maximum absolute atomic E-state index is 15.0. The Morgan fingerprint density at radius 3 is 2.40 bits per heavy atom. The van der Waals surface area contributed by atoms with Crippen molar-refractivity contribution in [3.05, 3.63) is 76.9 Å². The van der Waals surface area contributed by atoms with Crippen LogP contribution in [-0.4, -0.2) is 142 Å². The number of nitrogens with zero attached hydrogens (tertiary/aromatic N) is 1. The van der Waals surface area contributed by atoms with Crippen LogP contribution in [0.2, 0.25) is 0 Å². The number of amides is 2. The molecule has 17 nitrogen and oxygen atoms in total. The number of aliphatic hydroxyl groups is 5. The molecular weight excluding hydrogens is 819 g/mol. The summed E-state index contributed by atoms with van der Waals surface area (Å²) in [5, 5.41) is 56.7. The minimum absolute atomic E-state index is 0.0586. The number of hydroxylamine groups is 2. The van der Waals surface area contributed by atoms with E-state index in [1.54, 1.807) is 36.4 Å². The molecule has 2 aromatic rings. The number of carbonyl (C=O) groups is 3. The number of rotatable bonds is 21. The van der Waals surface area contributed by atoms with E-state index in [-0.39, 0.29) is 45.2 Å². The molecule has 2 amide bonds. The van der Waals surface area contributed by atoms with E-state index in [9.17, 15) is 39.9 Å². The molecule has 5 aliphatic rings. The summed E-state index contributed by atoms with van der Waals surface area (Å²) >= 11 is 0. The van der Waals surface area contributed by atoms with Crippen LogP contribution in [0.4, 0.5) is 0 Å². The summed E-state index contributed by atoms with van der Waals surface area (Å²) in [5.41, 5.74) is 1.08. The van der Waals surface area contributed by atoms with E-state index in [4.69, 9.17) is 28.5 Å². The summed E-state index contributed by atoms with van der Waals surface area (Å²) in [5.74, 6) is -2.30. The highest BCUT2D eigenvalue weighted by atomic mass is 16.8. The molecular formula is C46H63N3O14. The summed E-state index contributed by atoms with van der Waals surface area (Å²) in [7, 11) is 0. The van der Waals surface area contributed by atoms with Crippen LogP contribution >= 0.6 is 0 Å². The van der Waals surface area contributed by atoms with Gasteiger partial charge >= 0.3 is 5.97 Å². The topological polar surface area (TPSA) is 235 Å². The lowest BCUT2D eigenvalue weighted by Crippen LogP contribution is -2.69. The van der Waals surface area contributed by atoms with E-state index in [0.717, 1.165) is 49.7 Å². The van der Waals surface area contributed by atoms with Gasteiger partial charge in [-0.25, -0.2) is 0 Å². The van der Waals surface area contributed by atoms with Gasteiger partial charge in [-0.05, 0) is 41.7 Å². The fraction of sp³-hybridized carbons (Fsp3) is 0.630. The zero-order valence-electron chi connectivity index (χ0n) is 36.0. The first-order valence-corrected chi connectivity index (χ1v) is 22.4.